The average molecular weight is 265 g/mol. The molecule has 18 heavy (non-hydrogen) atoms. The van der Waals surface area contributed by atoms with Gasteiger partial charge in [-0.3, -0.25) is 0 Å². The van der Waals surface area contributed by atoms with Gasteiger partial charge in [-0.2, -0.15) is 0 Å². The molecule has 1 saturated heterocycles. The third-order valence-corrected chi connectivity index (χ3v) is 5.33. The van der Waals surface area contributed by atoms with Gasteiger partial charge in [0.25, 0.3) is 0 Å². The Morgan fingerprint density at radius 1 is 1.33 bits per heavy atom. The maximum atomic E-state index is 5.47. The summed E-state index contributed by atoms with van der Waals surface area (Å²) in [5.74, 6) is 1.58. The van der Waals surface area contributed by atoms with E-state index in [9.17, 15) is 0 Å². The molecule has 1 aromatic heterocycles. The molecule has 1 aliphatic carbocycles. The van der Waals surface area contributed by atoms with Crippen LogP contribution >= 0.6 is 11.3 Å². The number of rotatable bonds is 5. The van der Waals surface area contributed by atoms with Gasteiger partial charge in [0, 0.05) is 24.1 Å². The van der Waals surface area contributed by atoms with E-state index >= 15 is 0 Å². The van der Waals surface area contributed by atoms with Crippen molar-refractivity contribution in [2.24, 2.45) is 11.8 Å². The van der Waals surface area contributed by atoms with Gasteiger partial charge >= 0.3 is 0 Å². The summed E-state index contributed by atoms with van der Waals surface area (Å²) in [7, 11) is 0. The zero-order chi connectivity index (χ0) is 12.2. The number of nitrogens with one attached hydrogen (secondary N) is 1. The first kappa shape index (κ1) is 12.6. The second-order valence-electron chi connectivity index (χ2n) is 5.68. The highest BCUT2D eigenvalue weighted by molar-refractivity contribution is 7.10. The minimum absolute atomic E-state index is 0.591. The van der Waals surface area contributed by atoms with E-state index in [1.165, 1.54) is 37.0 Å². The minimum Gasteiger partial charge on any atom is -0.381 e. The largest absolute Gasteiger partial charge is 0.381 e. The van der Waals surface area contributed by atoms with Gasteiger partial charge < -0.3 is 10.1 Å². The fraction of sp³-hybridized carbons (Fsp3) is 0.733. The molecule has 3 rings (SSSR count). The van der Waals surface area contributed by atoms with Gasteiger partial charge in [0.15, 0.2) is 0 Å². The predicted octanol–water partition coefficient (Wildman–Crippen LogP) is 3.61. The van der Waals surface area contributed by atoms with Gasteiger partial charge in [0.2, 0.25) is 0 Å². The Morgan fingerprint density at radius 3 is 2.89 bits per heavy atom. The Kier molecular flexibility index (Phi) is 4.34. The van der Waals surface area contributed by atoms with Gasteiger partial charge in [0.05, 0.1) is 6.61 Å². The quantitative estimate of drug-likeness (QED) is 0.878. The topological polar surface area (TPSA) is 21.3 Å². The first-order valence-electron chi connectivity index (χ1n) is 7.28. The van der Waals surface area contributed by atoms with Crippen LogP contribution < -0.4 is 5.32 Å². The van der Waals surface area contributed by atoms with Crippen LogP contribution in [0.15, 0.2) is 17.5 Å². The van der Waals surface area contributed by atoms with E-state index in [4.69, 9.17) is 4.74 Å². The fourth-order valence-corrected chi connectivity index (χ4v) is 4.19. The monoisotopic (exact) mass is 265 g/mol. The van der Waals surface area contributed by atoms with Crippen molar-refractivity contribution < 1.29 is 4.74 Å². The minimum atomic E-state index is 0.591. The summed E-state index contributed by atoms with van der Waals surface area (Å²) >= 11 is 1.91. The Labute approximate surface area is 114 Å². The van der Waals surface area contributed by atoms with Gasteiger partial charge in [-0.1, -0.05) is 18.9 Å². The standard InChI is InChI=1S/C15H23NOS/c1-2-5-13(4-1)15(14-6-3-9-18-14)16-10-12-7-8-17-11-12/h3,6,9,12-13,15-16H,1-2,4-5,7-8,10-11H2. The first-order chi connectivity index (χ1) is 8.93. The Hall–Kier alpha value is -0.380. The van der Waals surface area contributed by atoms with E-state index in [0.29, 0.717) is 6.04 Å². The van der Waals surface area contributed by atoms with Crippen LogP contribution in [0.1, 0.15) is 43.0 Å². The summed E-state index contributed by atoms with van der Waals surface area (Å²) in [5.41, 5.74) is 0. The summed E-state index contributed by atoms with van der Waals surface area (Å²) in [6.07, 6.45) is 6.86. The van der Waals surface area contributed by atoms with Crippen LogP contribution in [-0.4, -0.2) is 19.8 Å². The SMILES string of the molecule is c1csc(C(NCC2CCOC2)C2CCCC2)c1. The van der Waals surface area contributed by atoms with Crippen LogP contribution in [0.2, 0.25) is 0 Å². The second-order valence-corrected chi connectivity index (χ2v) is 6.65. The molecule has 2 aliphatic rings. The molecule has 0 spiro atoms. The maximum Gasteiger partial charge on any atom is 0.0507 e. The summed E-state index contributed by atoms with van der Waals surface area (Å²) in [5, 5.41) is 6.04. The zero-order valence-electron chi connectivity index (χ0n) is 10.9. The Morgan fingerprint density at radius 2 is 2.22 bits per heavy atom. The molecule has 3 heteroatoms. The Balaban J connectivity index is 1.61. The molecule has 2 unspecified atom stereocenters. The molecule has 2 fully saturated rings. The van der Waals surface area contributed by atoms with E-state index < -0.39 is 0 Å². The van der Waals surface area contributed by atoms with E-state index in [0.717, 1.165) is 31.6 Å². The molecule has 1 aromatic rings. The van der Waals surface area contributed by atoms with Gasteiger partial charge in [0.1, 0.15) is 0 Å². The molecule has 0 bridgehead atoms. The summed E-state index contributed by atoms with van der Waals surface area (Å²) < 4.78 is 5.47. The second kappa shape index (κ2) is 6.18. The van der Waals surface area contributed by atoms with Crippen LogP contribution in [-0.2, 0) is 4.74 Å². The third kappa shape index (κ3) is 2.95. The van der Waals surface area contributed by atoms with Crippen molar-refractivity contribution in [3.8, 4) is 0 Å². The lowest BCUT2D eigenvalue weighted by Crippen LogP contribution is -2.31. The van der Waals surface area contributed by atoms with Crippen LogP contribution in [0.4, 0.5) is 0 Å². The van der Waals surface area contributed by atoms with E-state index in [1.807, 2.05) is 11.3 Å². The molecule has 0 aromatic carbocycles. The zero-order valence-corrected chi connectivity index (χ0v) is 11.8. The lowest BCUT2D eigenvalue weighted by molar-refractivity contribution is 0.183. The van der Waals surface area contributed by atoms with E-state index in [-0.39, 0.29) is 0 Å². The molecule has 1 saturated carbocycles. The normalized spacial score (nSPS) is 26.8. The lowest BCUT2D eigenvalue weighted by Gasteiger charge is -2.25. The highest BCUT2D eigenvalue weighted by Gasteiger charge is 2.27. The third-order valence-electron chi connectivity index (χ3n) is 4.37. The highest BCUT2D eigenvalue weighted by atomic mass is 32.1. The van der Waals surface area contributed by atoms with E-state index in [2.05, 4.69) is 22.8 Å². The Bertz CT molecular complexity index is 339. The number of thiophene rings is 1. The van der Waals surface area contributed by atoms with Crippen molar-refractivity contribution in [2.75, 3.05) is 19.8 Å². The molecular weight excluding hydrogens is 242 g/mol. The molecule has 2 nitrogen and oxygen atoms in total. The van der Waals surface area contributed by atoms with Crippen LogP contribution in [0.3, 0.4) is 0 Å². The van der Waals surface area contributed by atoms with Gasteiger partial charge in [-0.25, -0.2) is 0 Å². The number of ether oxygens (including phenoxy) is 1. The van der Waals surface area contributed by atoms with Gasteiger partial charge in [-0.05, 0) is 42.5 Å². The van der Waals surface area contributed by atoms with Gasteiger partial charge in [-0.15, -0.1) is 11.3 Å². The lowest BCUT2D eigenvalue weighted by atomic mass is 9.96. The van der Waals surface area contributed by atoms with Crippen LogP contribution in [0, 0.1) is 11.8 Å². The number of hydrogen-bond acceptors (Lipinski definition) is 3. The number of hydrogen-bond donors (Lipinski definition) is 1. The fourth-order valence-electron chi connectivity index (χ4n) is 3.30. The van der Waals surface area contributed by atoms with Crippen LogP contribution in [0.25, 0.3) is 0 Å². The van der Waals surface area contributed by atoms with Crippen LogP contribution in [0.5, 0.6) is 0 Å². The molecule has 2 heterocycles. The van der Waals surface area contributed by atoms with Crippen molar-refractivity contribution >= 4 is 11.3 Å². The molecule has 1 N–H and O–H groups in total. The average Bonchev–Trinajstić information content (AvgIpc) is 3.14. The smallest absolute Gasteiger partial charge is 0.0507 e. The van der Waals surface area contributed by atoms with Crippen molar-refractivity contribution in [3.63, 3.8) is 0 Å². The maximum absolute atomic E-state index is 5.47. The molecule has 2 atom stereocenters. The molecule has 100 valence electrons. The van der Waals surface area contributed by atoms with Crippen molar-refractivity contribution in [2.45, 2.75) is 38.1 Å². The summed E-state index contributed by atoms with van der Waals surface area (Å²) in [4.78, 5) is 1.53. The molecule has 1 aliphatic heterocycles. The molecule has 0 radical (unpaired) electrons. The molecular formula is C15H23NOS. The molecule has 0 amide bonds. The predicted molar refractivity (Wildman–Crippen MR) is 75.9 cm³/mol. The highest BCUT2D eigenvalue weighted by Crippen LogP contribution is 2.37. The summed E-state index contributed by atoms with van der Waals surface area (Å²) in [6.45, 7) is 3.04. The van der Waals surface area contributed by atoms with Crippen molar-refractivity contribution in [1.82, 2.24) is 5.32 Å². The van der Waals surface area contributed by atoms with Crippen molar-refractivity contribution in [3.05, 3.63) is 22.4 Å². The first-order valence-corrected chi connectivity index (χ1v) is 8.16. The van der Waals surface area contributed by atoms with E-state index in [1.54, 1.807) is 0 Å². The van der Waals surface area contributed by atoms with Crippen molar-refractivity contribution in [1.29, 1.82) is 0 Å². The summed E-state index contributed by atoms with van der Waals surface area (Å²) in [6, 6.07) is 5.07.